The zero-order valence-electron chi connectivity index (χ0n) is 11.0. The minimum atomic E-state index is -0.521. The van der Waals surface area contributed by atoms with Crippen LogP contribution in [0.1, 0.15) is 12.5 Å². The van der Waals surface area contributed by atoms with E-state index in [0.29, 0.717) is 24.6 Å². The van der Waals surface area contributed by atoms with Gasteiger partial charge < -0.3 is 10.6 Å². The van der Waals surface area contributed by atoms with E-state index >= 15 is 0 Å². The molecule has 0 unspecified atom stereocenters. The lowest BCUT2D eigenvalue weighted by Gasteiger charge is -2.08. The molecule has 0 fully saturated rings. The minimum Gasteiger partial charge on any atom is -0.354 e. The van der Waals surface area contributed by atoms with Crippen molar-refractivity contribution in [3.05, 3.63) is 41.8 Å². The standard InChI is InChI=1S/C14H14FN5/c1-2-17-14-18-9-12(15)13(20-14)19-11-5-3-10(4-6-11)7-8-16/h3-6,9H,2,7H2,1H3,(H2,17,18,19,20). The molecule has 2 rings (SSSR count). The van der Waals surface area contributed by atoms with E-state index in [0.717, 1.165) is 11.8 Å². The molecule has 2 aromatic rings. The van der Waals surface area contributed by atoms with Crippen molar-refractivity contribution in [3.8, 4) is 6.07 Å². The van der Waals surface area contributed by atoms with Gasteiger partial charge in [0.2, 0.25) is 5.95 Å². The number of benzene rings is 1. The molecule has 1 aromatic heterocycles. The largest absolute Gasteiger partial charge is 0.354 e. The maximum Gasteiger partial charge on any atom is 0.224 e. The summed E-state index contributed by atoms with van der Waals surface area (Å²) in [6.07, 6.45) is 1.48. The normalized spacial score (nSPS) is 9.85. The molecule has 0 aliphatic heterocycles. The molecule has 0 bridgehead atoms. The van der Waals surface area contributed by atoms with Crippen molar-refractivity contribution in [1.82, 2.24) is 9.97 Å². The van der Waals surface area contributed by atoms with Gasteiger partial charge in [0.05, 0.1) is 18.7 Å². The molecule has 2 N–H and O–H groups in total. The van der Waals surface area contributed by atoms with Crippen molar-refractivity contribution in [2.24, 2.45) is 0 Å². The van der Waals surface area contributed by atoms with Crippen LogP contribution in [0.2, 0.25) is 0 Å². The van der Waals surface area contributed by atoms with Crippen molar-refractivity contribution in [2.75, 3.05) is 17.2 Å². The van der Waals surface area contributed by atoms with Crippen molar-refractivity contribution < 1.29 is 4.39 Å². The molecule has 1 heterocycles. The first-order valence-electron chi connectivity index (χ1n) is 6.22. The van der Waals surface area contributed by atoms with Crippen LogP contribution >= 0.6 is 0 Å². The Morgan fingerprint density at radius 3 is 2.70 bits per heavy atom. The van der Waals surface area contributed by atoms with E-state index in [1.807, 2.05) is 19.1 Å². The predicted octanol–water partition coefficient (Wildman–Crippen LogP) is 2.86. The Kier molecular flexibility index (Phi) is 4.45. The maximum absolute atomic E-state index is 13.6. The molecule has 0 atom stereocenters. The van der Waals surface area contributed by atoms with Crippen LogP contribution < -0.4 is 10.6 Å². The first kappa shape index (κ1) is 13.7. The second-order valence-electron chi connectivity index (χ2n) is 4.08. The molecule has 102 valence electrons. The zero-order chi connectivity index (χ0) is 14.4. The summed E-state index contributed by atoms with van der Waals surface area (Å²) in [5, 5.41) is 14.4. The average molecular weight is 271 g/mol. The van der Waals surface area contributed by atoms with E-state index in [1.54, 1.807) is 12.1 Å². The fraction of sp³-hybridized carbons (Fsp3) is 0.214. The summed E-state index contributed by atoms with van der Waals surface area (Å²) in [5.74, 6) is -0.0331. The molecule has 0 spiro atoms. The van der Waals surface area contributed by atoms with Crippen molar-refractivity contribution in [3.63, 3.8) is 0 Å². The Morgan fingerprint density at radius 2 is 2.05 bits per heavy atom. The maximum atomic E-state index is 13.6. The molecule has 1 aromatic carbocycles. The summed E-state index contributed by atoms with van der Waals surface area (Å²) in [6, 6.07) is 9.26. The first-order chi connectivity index (χ1) is 9.72. The van der Waals surface area contributed by atoms with E-state index in [4.69, 9.17) is 5.26 Å². The highest BCUT2D eigenvalue weighted by Crippen LogP contribution is 2.19. The smallest absolute Gasteiger partial charge is 0.224 e. The number of nitrogens with one attached hydrogen (secondary N) is 2. The van der Waals surface area contributed by atoms with Gasteiger partial charge in [0, 0.05) is 12.2 Å². The fourth-order valence-corrected chi connectivity index (χ4v) is 1.63. The van der Waals surface area contributed by atoms with E-state index < -0.39 is 5.82 Å². The number of halogens is 1. The monoisotopic (exact) mass is 271 g/mol. The van der Waals surface area contributed by atoms with Crippen LogP contribution in [-0.4, -0.2) is 16.5 Å². The van der Waals surface area contributed by atoms with Gasteiger partial charge in [0.1, 0.15) is 0 Å². The first-order valence-corrected chi connectivity index (χ1v) is 6.22. The molecule has 0 saturated heterocycles. The average Bonchev–Trinajstić information content (AvgIpc) is 2.45. The number of hydrogen-bond donors (Lipinski definition) is 2. The fourth-order valence-electron chi connectivity index (χ4n) is 1.63. The molecule has 5 nitrogen and oxygen atoms in total. The third-order valence-electron chi connectivity index (χ3n) is 2.58. The highest BCUT2D eigenvalue weighted by atomic mass is 19.1. The molecule has 0 aliphatic rings. The Morgan fingerprint density at radius 1 is 1.30 bits per heavy atom. The molecular formula is C14H14FN5. The highest BCUT2D eigenvalue weighted by Gasteiger charge is 2.07. The number of anilines is 3. The Hall–Kier alpha value is -2.68. The van der Waals surface area contributed by atoms with Crippen LogP contribution in [0.4, 0.5) is 21.8 Å². The van der Waals surface area contributed by atoms with Crippen molar-refractivity contribution in [1.29, 1.82) is 5.26 Å². The van der Waals surface area contributed by atoms with E-state index in [2.05, 4.69) is 26.7 Å². The number of nitrogens with zero attached hydrogens (tertiary/aromatic N) is 3. The molecule has 0 radical (unpaired) electrons. The van der Waals surface area contributed by atoms with Gasteiger partial charge in [-0.25, -0.2) is 9.37 Å². The van der Waals surface area contributed by atoms with Crippen LogP contribution in [0.5, 0.6) is 0 Å². The number of hydrogen-bond acceptors (Lipinski definition) is 5. The summed E-state index contributed by atoms with van der Waals surface area (Å²) >= 11 is 0. The van der Waals surface area contributed by atoms with Crippen molar-refractivity contribution in [2.45, 2.75) is 13.3 Å². The Bertz CT molecular complexity index is 618. The van der Waals surface area contributed by atoms with E-state index in [1.165, 1.54) is 0 Å². The number of rotatable bonds is 5. The van der Waals surface area contributed by atoms with Gasteiger partial charge in [-0.1, -0.05) is 12.1 Å². The summed E-state index contributed by atoms with van der Waals surface area (Å²) in [4.78, 5) is 7.89. The van der Waals surface area contributed by atoms with Gasteiger partial charge >= 0.3 is 0 Å². The van der Waals surface area contributed by atoms with E-state index in [-0.39, 0.29) is 5.82 Å². The summed E-state index contributed by atoms with van der Waals surface area (Å²) in [7, 11) is 0. The van der Waals surface area contributed by atoms with Gasteiger partial charge in [-0.2, -0.15) is 10.2 Å². The van der Waals surface area contributed by atoms with Crippen LogP contribution in [-0.2, 0) is 6.42 Å². The second-order valence-corrected chi connectivity index (χ2v) is 4.08. The second kappa shape index (κ2) is 6.48. The topological polar surface area (TPSA) is 73.6 Å². The molecule has 20 heavy (non-hydrogen) atoms. The Balaban J connectivity index is 2.16. The molecular weight excluding hydrogens is 257 g/mol. The van der Waals surface area contributed by atoms with E-state index in [9.17, 15) is 4.39 Å². The van der Waals surface area contributed by atoms with Crippen LogP contribution in [0.15, 0.2) is 30.5 Å². The SMILES string of the molecule is CCNc1ncc(F)c(Nc2ccc(CC#N)cc2)n1. The van der Waals surface area contributed by atoms with Crippen LogP contribution in [0, 0.1) is 17.1 Å². The lowest BCUT2D eigenvalue weighted by molar-refractivity contribution is 0.619. The Labute approximate surface area is 116 Å². The molecule has 0 aliphatic carbocycles. The number of nitriles is 1. The third-order valence-corrected chi connectivity index (χ3v) is 2.58. The lowest BCUT2D eigenvalue weighted by Crippen LogP contribution is -2.05. The van der Waals surface area contributed by atoms with Gasteiger partial charge in [-0.05, 0) is 24.6 Å². The predicted molar refractivity (Wildman–Crippen MR) is 75.2 cm³/mol. The number of aromatic nitrogens is 2. The molecule has 0 amide bonds. The van der Waals surface area contributed by atoms with Gasteiger partial charge in [-0.3, -0.25) is 0 Å². The molecule has 0 saturated carbocycles. The quantitative estimate of drug-likeness (QED) is 0.874. The molecule has 6 heteroatoms. The van der Waals surface area contributed by atoms with Gasteiger partial charge in [0.25, 0.3) is 0 Å². The summed E-state index contributed by atoms with van der Waals surface area (Å²) in [6.45, 7) is 2.57. The third kappa shape index (κ3) is 3.42. The van der Waals surface area contributed by atoms with Gasteiger partial charge in [0.15, 0.2) is 11.6 Å². The lowest BCUT2D eigenvalue weighted by atomic mass is 10.1. The zero-order valence-corrected chi connectivity index (χ0v) is 11.0. The minimum absolute atomic E-state index is 0.115. The summed E-state index contributed by atoms with van der Waals surface area (Å²) in [5.41, 5.74) is 1.61. The summed E-state index contributed by atoms with van der Waals surface area (Å²) < 4.78 is 13.6. The van der Waals surface area contributed by atoms with Crippen LogP contribution in [0.25, 0.3) is 0 Å². The van der Waals surface area contributed by atoms with Crippen molar-refractivity contribution >= 4 is 17.5 Å². The van der Waals surface area contributed by atoms with Gasteiger partial charge in [-0.15, -0.1) is 0 Å². The highest BCUT2D eigenvalue weighted by molar-refractivity contribution is 5.57. The van der Waals surface area contributed by atoms with Crippen LogP contribution in [0.3, 0.4) is 0 Å².